The number of benzene rings is 2. The van der Waals surface area contributed by atoms with Crippen molar-refractivity contribution in [2.75, 3.05) is 0 Å². The van der Waals surface area contributed by atoms with Gasteiger partial charge in [-0.2, -0.15) is 5.10 Å². The highest BCUT2D eigenvalue weighted by Gasteiger charge is 2.20. The second kappa shape index (κ2) is 6.06. The van der Waals surface area contributed by atoms with Gasteiger partial charge in [0.2, 0.25) is 5.88 Å². The summed E-state index contributed by atoms with van der Waals surface area (Å²) in [5.74, 6) is 0.242. The van der Waals surface area contributed by atoms with Gasteiger partial charge in [0.1, 0.15) is 5.69 Å². The summed E-state index contributed by atoms with van der Waals surface area (Å²) in [5, 5.41) is 15.3. The van der Waals surface area contributed by atoms with E-state index in [1.807, 2.05) is 42.5 Å². The van der Waals surface area contributed by atoms with E-state index < -0.39 is 0 Å². The highest BCUT2D eigenvalue weighted by molar-refractivity contribution is 5.85. The van der Waals surface area contributed by atoms with Gasteiger partial charge in [-0.25, -0.2) is 4.68 Å². The van der Waals surface area contributed by atoms with E-state index in [1.54, 1.807) is 4.68 Å². The predicted molar refractivity (Wildman–Crippen MR) is 89.8 cm³/mol. The highest BCUT2D eigenvalue weighted by Crippen LogP contribution is 2.39. The van der Waals surface area contributed by atoms with Crippen molar-refractivity contribution in [2.24, 2.45) is 0 Å². The average molecular weight is 292 g/mol. The van der Waals surface area contributed by atoms with Crippen LogP contribution in [-0.4, -0.2) is 14.9 Å². The maximum Gasteiger partial charge on any atom is 0.218 e. The molecule has 0 aliphatic rings. The van der Waals surface area contributed by atoms with Crippen molar-refractivity contribution in [3.63, 3.8) is 0 Å². The molecular weight excluding hydrogens is 272 g/mol. The summed E-state index contributed by atoms with van der Waals surface area (Å²) in [4.78, 5) is 0. The summed E-state index contributed by atoms with van der Waals surface area (Å²) in [5.41, 5.74) is 4.85. The van der Waals surface area contributed by atoms with Crippen molar-refractivity contribution in [3.05, 3.63) is 60.2 Å². The second-order valence-corrected chi connectivity index (χ2v) is 5.45. The Morgan fingerprint density at radius 2 is 1.68 bits per heavy atom. The van der Waals surface area contributed by atoms with Crippen LogP contribution in [0.3, 0.4) is 0 Å². The van der Waals surface area contributed by atoms with Crippen molar-refractivity contribution in [1.29, 1.82) is 0 Å². The number of rotatable bonds is 4. The quantitative estimate of drug-likeness (QED) is 0.760. The molecule has 3 aromatic rings. The zero-order valence-electron chi connectivity index (χ0n) is 13.0. The van der Waals surface area contributed by atoms with E-state index in [-0.39, 0.29) is 5.88 Å². The Bertz CT molecular complexity index is 775. The zero-order valence-corrected chi connectivity index (χ0v) is 13.0. The van der Waals surface area contributed by atoms with E-state index in [9.17, 15) is 5.11 Å². The molecule has 22 heavy (non-hydrogen) atoms. The fourth-order valence-corrected chi connectivity index (χ4v) is 2.72. The van der Waals surface area contributed by atoms with Gasteiger partial charge < -0.3 is 5.11 Å². The fraction of sp³-hybridized carbons (Fsp3) is 0.211. The average Bonchev–Trinajstić information content (AvgIpc) is 2.86. The van der Waals surface area contributed by atoms with E-state index >= 15 is 0 Å². The summed E-state index contributed by atoms with van der Waals surface area (Å²) in [6.07, 6.45) is 0.927. The first-order valence-corrected chi connectivity index (χ1v) is 7.63. The number of aromatic nitrogens is 2. The first kappa shape index (κ1) is 14.4. The highest BCUT2D eigenvalue weighted by atomic mass is 16.3. The third-order valence-corrected chi connectivity index (χ3v) is 3.82. The molecule has 0 saturated heterocycles. The Kier molecular flexibility index (Phi) is 3.96. The predicted octanol–water partition coefficient (Wildman–Crippen LogP) is 4.64. The Morgan fingerprint density at radius 1 is 1.00 bits per heavy atom. The summed E-state index contributed by atoms with van der Waals surface area (Å²) < 4.78 is 1.70. The molecule has 3 nitrogen and oxygen atoms in total. The van der Waals surface area contributed by atoms with Crippen LogP contribution >= 0.6 is 0 Å². The molecule has 0 aliphatic carbocycles. The molecule has 2 aromatic carbocycles. The van der Waals surface area contributed by atoms with Crippen LogP contribution in [0.25, 0.3) is 22.4 Å². The summed E-state index contributed by atoms with van der Waals surface area (Å²) >= 11 is 0. The van der Waals surface area contributed by atoms with Crippen LogP contribution in [0, 0.1) is 6.92 Å². The Morgan fingerprint density at radius 3 is 2.36 bits per heavy atom. The molecule has 112 valence electrons. The van der Waals surface area contributed by atoms with Gasteiger partial charge >= 0.3 is 0 Å². The number of aromatic hydroxyl groups is 1. The van der Waals surface area contributed by atoms with E-state index in [0.29, 0.717) is 6.54 Å². The minimum atomic E-state index is 0.242. The van der Waals surface area contributed by atoms with E-state index in [4.69, 9.17) is 0 Å². The van der Waals surface area contributed by atoms with Crippen molar-refractivity contribution in [1.82, 2.24) is 9.78 Å². The number of nitrogens with zero attached hydrogens (tertiary/aromatic N) is 2. The molecule has 0 bridgehead atoms. The van der Waals surface area contributed by atoms with Crippen LogP contribution in [0.15, 0.2) is 54.6 Å². The van der Waals surface area contributed by atoms with E-state index in [1.165, 1.54) is 0 Å². The monoisotopic (exact) mass is 292 g/mol. The van der Waals surface area contributed by atoms with Gasteiger partial charge in [0.05, 0.1) is 5.56 Å². The molecule has 0 unspecified atom stereocenters. The number of hydrogen-bond acceptors (Lipinski definition) is 2. The third-order valence-electron chi connectivity index (χ3n) is 3.82. The molecule has 1 aromatic heterocycles. The van der Waals surface area contributed by atoms with Crippen LogP contribution in [0.4, 0.5) is 0 Å². The lowest BCUT2D eigenvalue weighted by atomic mass is 9.98. The van der Waals surface area contributed by atoms with Gasteiger partial charge in [0, 0.05) is 12.1 Å². The zero-order chi connectivity index (χ0) is 15.5. The van der Waals surface area contributed by atoms with Crippen LogP contribution in [0.2, 0.25) is 0 Å². The Labute approximate surface area is 130 Å². The molecule has 1 N–H and O–H groups in total. The molecule has 3 heteroatoms. The first-order valence-electron chi connectivity index (χ1n) is 7.63. The van der Waals surface area contributed by atoms with Crippen LogP contribution < -0.4 is 0 Å². The Hall–Kier alpha value is -2.55. The van der Waals surface area contributed by atoms with Crippen molar-refractivity contribution < 1.29 is 5.11 Å². The van der Waals surface area contributed by atoms with E-state index in [0.717, 1.165) is 34.4 Å². The van der Waals surface area contributed by atoms with Crippen LogP contribution in [-0.2, 0) is 6.54 Å². The van der Waals surface area contributed by atoms with Gasteiger partial charge in [-0.05, 0) is 24.5 Å². The lowest BCUT2D eigenvalue weighted by Gasteiger charge is -2.06. The molecule has 0 spiro atoms. The molecule has 0 radical (unpaired) electrons. The maximum atomic E-state index is 10.6. The first-order chi connectivity index (χ1) is 10.7. The molecule has 3 rings (SSSR count). The molecule has 0 saturated carbocycles. The lowest BCUT2D eigenvalue weighted by molar-refractivity contribution is 0.399. The van der Waals surface area contributed by atoms with Crippen molar-refractivity contribution in [3.8, 4) is 28.3 Å². The maximum absolute atomic E-state index is 10.6. The Balaban J connectivity index is 2.25. The molecule has 0 amide bonds. The van der Waals surface area contributed by atoms with Gasteiger partial charge in [0.15, 0.2) is 0 Å². The van der Waals surface area contributed by atoms with Gasteiger partial charge in [-0.1, -0.05) is 61.5 Å². The minimum absolute atomic E-state index is 0.242. The van der Waals surface area contributed by atoms with Crippen LogP contribution in [0.5, 0.6) is 5.88 Å². The SMILES string of the molecule is CCCn1nc(-c2ccccc2C)c(-c2ccccc2)c1O. The minimum Gasteiger partial charge on any atom is -0.493 e. The van der Waals surface area contributed by atoms with Crippen molar-refractivity contribution >= 4 is 0 Å². The normalized spacial score (nSPS) is 10.8. The standard InChI is InChI=1S/C19H20N2O/c1-3-13-21-19(22)17(15-10-5-4-6-11-15)18(20-21)16-12-8-7-9-14(16)2/h4-12,22H,3,13H2,1-2H3. The van der Waals surface area contributed by atoms with E-state index in [2.05, 4.69) is 31.1 Å². The lowest BCUT2D eigenvalue weighted by Crippen LogP contribution is -1.98. The number of hydrogen-bond donors (Lipinski definition) is 1. The molecule has 1 heterocycles. The summed E-state index contributed by atoms with van der Waals surface area (Å²) in [7, 11) is 0. The summed E-state index contributed by atoms with van der Waals surface area (Å²) in [6.45, 7) is 4.86. The topological polar surface area (TPSA) is 38.0 Å². The van der Waals surface area contributed by atoms with Crippen LogP contribution in [0.1, 0.15) is 18.9 Å². The van der Waals surface area contributed by atoms with Gasteiger partial charge in [0.25, 0.3) is 0 Å². The number of aryl methyl sites for hydroxylation is 2. The molecule has 0 aliphatic heterocycles. The second-order valence-electron chi connectivity index (χ2n) is 5.45. The van der Waals surface area contributed by atoms with Crippen molar-refractivity contribution in [2.45, 2.75) is 26.8 Å². The third kappa shape index (κ3) is 2.50. The van der Waals surface area contributed by atoms with Gasteiger partial charge in [-0.15, -0.1) is 0 Å². The fourth-order valence-electron chi connectivity index (χ4n) is 2.72. The van der Waals surface area contributed by atoms with Gasteiger partial charge in [-0.3, -0.25) is 0 Å². The summed E-state index contributed by atoms with van der Waals surface area (Å²) in [6, 6.07) is 18.1. The smallest absolute Gasteiger partial charge is 0.218 e. The molecule has 0 fully saturated rings. The molecule has 0 atom stereocenters. The molecular formula is C19H20N2O. The largest absolute Gasteiger partial charge is 0.493 e.